The number of nitrogen functional groups attached to an aromatic ring is 2. The molecule has 0 radical (unpaired) electrons. The van der Waals surface area contributed by atoms with E-state index in [9.17, 15) is 33.2 Å². The zero-order valence-electron chi connectivity index (χ0n) is 26.7. The molecule has 2 aliphatic rings. The van der Waals surface area contributed by atoms with Crippen LogP contribution in [-0.2, 0) is 47.5 Å². The molecule has 52 heavy (non-hydrogen) atoms. The molecule has 28 heteroatoms. The molecule has 0 spiro atoms. The number of hydrogen-bond donors (Lipinski definition) is 9. The summed E-state index contributed by atoms with van der Waals surface area (Å²) in [6.45, 7) is 1.29. The van der Waals surface area contributed by atoms with Crippen molar-refractivity contribution >= 4 is 46.1 Å². The Labute approximate surface area is 290 Å². The van der Waals surface area contributed by atoms with Gasteiger partial charge in [0, 0.05) is 0 Å². The molecule has 0 amide bonds. The van der Waals surface area contributed by atoms with Crippen molar-refractivity contribution in [2.75, 3.05) is 24.7 Å². The Bertz CT molecular complexity index is 2090. The summed E-state index contributed by atoms with van der Waals surface area (Å²) < 4.78 is 88.5. The number of aliphatic hydroxyl groups is 3. The van der Waals surface area contributed by atoms with E-state index in [1.165, 1.54) is 41.3 Å². The van der Waals surface area contributed by atoms with Crippen LogP contribution in [0.2, 0.25) is 0 Å². The normalized spacial score (nSPS) is 31.7. The third-order valence-electron chi connectivity index (χ3n) is 8.19. The molecule has 10 atom stereocenters. The van der Waals surface area contributed by atoms with Gasteiger partial charge in [0.05, 0.1) is 24.6 Å². The van der Waals surface area contributed by atoms with Gasteiger partial charge in [-0.2, -0.15) is 18.8 Å². The zero-order valence-corrected chi connectivity index (χ0v) is 29.4. The summed E-state index contributed by atoms with van der Waals surface area (Å²) in [5.41, 5.74) is 9.59. The van der Waals surface area contributed by atoms with Gasteiger partial charge in [-0.3, -0.25) is 4.52 Å². The molecule has 6 rings (SSSR count). The number of halogens is 2. The lowest BCUT2D eigenvalue weighted by molar-refractivity contribution is -0.0780. The summed E-state index contributed by atoms with van der Waals surface area (Å²) in [7, 11) is -16.8. The molecule has 288 valence electrons. The van der Waals surface area contributed by atoms with Crippen molar-refractivity contribution in [3.8, 4) is 0 Å². The second-order valence-corrected chi connectivity index (χ2v) is 16.1. The molecule has 2 saturated heterocycles. The van der Waals surface area contributed by atoms with Crippen LogP contribution in [0, 0.1) is 0 Å². The van der Waals surface area contributed by atoms with Gasteiger partial charge in [0.2, 0.25) is 0 Å². The van der Waals surface area contributed by atoms with Gasteiger partial charge in [0.25, 0.3) is 0 Å². The van der Waals surface area contributed by atoms with Crippen LogP contribution in [0.4, 0.5) is 20.4 Å². The predicted octanol–water partition coefficient (Wildman–Crippen LogP) is -0.415. The van der Waals surface area contributed by atoms with Crippen LogP contribution in [0.3, 0.4) is 0 Å². The summed E-state index contributed by atoms with van der Waals surface area (Å²) in [5, 5.41) is 37.1. The topological polar surface area (TPSA) is 351 Å². The Hall–Kier alpha value is -3.09. The number of phosphoric ester groups is 1. The van der Waals surface area contributed by atoms with E-state index < -0.39 is 84.6 Å². The van der Waals surface area contributed by atoms with Gasteiger partial charge in [0.15, 0.2) is 24.0 Å². The lowest BCUT2D eigenvalue weighted by atomic mass is 9.94. The number of nitrogens with zero attached hydrogens (tertiary/aromatic N) is 6. The second kappa shape index (κ2) is 14.3. The van der Waals surface area contributed by atoms with Crippen LogP contribution in [0.1, 0.15) is 25.2 Å². The van der Waals surface area contributed by atoms with Gasteiger partial charge < -0.3 is 55.8 Å². The third-order valence-corrected chi connectivity index (χ3v) is 12.0. The van der Waals surface area contributed by atoms with E-state index in [1.54, 1.807) is 12.1 Å². The van der Waals surface area contributed by atoms with Gasteiger partial charge in [-0.1, -0.05) is 0 Å². The van der Waals surface area contributed by atoms with Crippen LogP contribution in [0.15, 0.2) is 36.9 Å². The first-order chi connectivity index (χ1) is 24.0. The highest BCUT2D eigenvalue weighted by Crippen LogP contribution is 2.66. The number of nitrogens with two attached hydrogens (primary N) is 2. The predicted molar refractivity (Wildman–Crippen MR) is 168 cm³/mol. The highest BCUT2D eigenvalue weighted by molar-refractivity contribution is 7.66. The minimum atomic E-state index is -5.73. The van der Waals surface area contributed by atoms with Crippen molar-refractivity contribution in [1.82, 2.24) is 29.2 Å². The smallest absolute Gasteiger partial charge is 0.394 e. The number of ether oxygens (including phenoxy) is 2. The zero-order chi connectivity index (χ0) is 38.6. The Morgan fingerprint density at radius 2 is 1.23 bits per heavy atom. The standard InChI is InChI=1S/C12H18FN4O12P3.C12H15FN4O3/c1-12(8-3-2-6-11(14)15-5-16-17(6)8)10(13)9(18)7(27-12)4-26-31(22,23)29-32(24,25)28-30(19,20)21;1-12(10(13)9(19)7(4-18)20-12)8-3-2-6-11(14)15-5-16-17(6)8/h2-3,5,7,9-10,18H,4H2,1H3,(H,22,23)(H,24,25)(H2,14,15,16)(H2,19,20,21);2-3,5,7,9-10,18-19H,4H2,1H3,(H2,14,15,16)/t2*7-,9-,10-,12+/m11/s1. The Balaban J connectivity index is 0.000000223. The number of fused-ring (bicyclic) bond motifs is 2. The van der Waals surface area contributed by atoms with Crippen LogP contribution >= 0.6 is 23.5 Å². The largest absolute Gasteiger partial charge is 0.490 e. The lowest BCUT2D eigenvalue weighted by Crippen LogP contribution is -2.36. The minimum absolute atomic E-state index is 0.0908. The molecule has 0 aromatic carbocycles. The van der Waals surface area contributed by atoms with Crippen LogP contribution < -0.4 is 11.5 Å². The number of rotatable bonds is 10. The number of hydrogen-bond acceptors (Lipinski definition) is 17. The number of anilines is 2. The van der Waals surface area contributed by atoms with Gasteiger partial charge in [0.1, 0.15) is 59.3 Å². The number of phosphoric acid groups is 3. The van der Waals surface area contributed by atoms with E-state index in [-0.39, 0.29) is 17.3 Å². The maximum Gasteiger partial charge on any atom is 0.490 e. The molecule has 0 saturated carbocycles. The van der Waals surface area contributed by atoms with Gasteiger partial charge in [-0.25, -0.2) is 41.5 Å². The SMILES string of the molecule is C[C@@]1(c2ccc3c(N)ncnn23)O[C@H](CO)[C@@H](O)[C@H]1F.C[C@@]1(c2ccc3c(N)ncnn23)O[C@H](COP(=O)(O)OP(=O)(O)OP(=O)(O)O)[C@@H](O)[C@H]1F. The molecular weight excluding hydrogens is 771 g/mol. The van der Waals surface area contributed by atoms with Crippen molar-refractivity contribution in [1.29, 1.82) is 0 Å². The van der Waals surface area contributed by atoms with E-state index >= 15 is 4.39 Å². The van der Waals surface area contributed by atoms with Gasteiger partial charge >= 0.3 is 23.5 Å². The number of alkyl halides is 2. The van der Waals surface area contributed by atoms with Crippen molar-refractivity contribution in [3.63, 3.8) is 0 Å². The Morgan fingerprint density at radius 3 is 1.65 bits per heavy atom. The van der Waals surface area contributed by atoms with E-state index in [4.69, 9.17) is 40.7 Å². The maximum absolute atomic E-state index is 15.0. The second-order valence-electron chi connectivity index (χ2n) is 11.7. The number of aromatic nitrogens is 6. The quantitative estimate of drug-likeness (QED) is 0.0919. The molecule has 11 N–H and O–H groups in total. The first-order valence-electron chi connectivity index (χ1n) is 14.6. The van der Waals surface area contributed by atoms with Crippen molar-refractivity contribution < 1.29 is 80.0 Å². The molecule has 2 unspecified atom stereocenters. The lowest BCUT2D eigenvalue weighted by Gasteiger charge is -2.26. The van der Waals surface area contributed by atoms with Crippen LogP contribution in [0.25, 0.3) is 11.0 Å². The fourth-order valence-electron chi connectivity index (χ4n) is 5.74. The fourth-order valence-corrected chi connectivity index (χ4v) is 8.77. The highest BCUT2D eigenvalue weighted by Gasteiger charge is 2.56. The van der Waals surface area contributed by atoms with Gasteiger partial charge in [-0.15, -0.1) is 0 Å². The molecule has 4 aromatic heterocycles. The van der Waals surface area contributed by atoms with E-state index in [0.717, 1.165) is 6.33 Å². The molecule has 6 heterocycles. The summed E-state index contributed by atoms with van der Waals surface area (Å²) in [5.74, 6) is 0.357. The van der Waals surface area contributed by atoms with E-state index in [2.05, 4.69) is 33.3 Å². The van der Waals surface area contributed by atoms with Crippen molar-refractivity contribution in [2.45, 2.75) is 61.8 Å². The molecule has 23 nitrogen and oxygen atoms in total. The highest BCUT2D eigenvalue weighted by atomic mass is 31.3. The summed E-state index contributed by atoms with van der Waals surface area (Å²) >= 11 is 0. The summed E-state index contributed by atoms with van der Waals surface area (Å²) in [6.07, 6.45) is -7.24. The first kappa shape index (κ1) is 40.1. The molecular formula is C24H33F2N8O15P3. The molecule has 4 aromatic rings. The molecule has 0 aliphatic carbocycles. The summed E-state index contributed by atoms with van der Waals surface area (Å²) in [4.78, 5) is 43.3. The van der Waals surface area contributed by atoms with E-state index in [0.29, 0.717) is 16.7 Å². The van der Waals surface area contributed by atoms with Crippen LogP contribution in [0.5, 0.6) is 0 Å². The van der Waals surface area contributed by atoms with Crippen molar-refractivity contribution in [3.05, 3.63) is 48.3 Å². The molecule has 2 aliphatic heterocycles. The fraction of sp³-hybridized carbons (Fsp3) is 0.500. The summed E-state index contributed by atoms with van der Waals surface area (Å²) in [6, 6.07) is 6.19. The Morgan fingerprint density at radius 1 is 0.788 bits per heavy atom. The Kier molecular flexibility index (Phi) is 11.0. The average molecular weight is 804 g/mol. The average Bonchev–Trinajstić information content (AvgIpc) is 3.78. The monoisotopic (exact) mass is 804 g/mol. The van der Waals surface area contributed by atoms with Crippen LogP contribution in [-0.4, -0.2) is 114 Å². The first-order valence-corrected chi connectivity index (χ1v) is 19.1. The van der Waals surface area contributed by atoms with Crippen molar-refractivity contribution in [2.24, 2.45) is 0 Å². The van der Waals surface area contributed by atoms with E-state index in [1.807, 2.05) is 0 Å². The third kappa shape index (κ3) is 7.76. The molecule has 2 fully saturated rings. The number of aliphatic hydroxyl groups excluding tert-OH is 3. The van der Waals surface area contributed by atoms with Gasteiger partial charge in [-0.05, 0) is 38.1 Å². The maximum atomic E-state index is 15.0. The minimum Gasteiger partial charge on any atom is -0.394 e. The molecule has 0 bridgehead atoms.